The highest BCUT2D eigenvalue weighted by molar-refractivity contribution is 5.36. The standard InChI is InChI=1S/C11H16FN3/c12-8-9(14-15-10(8)13)11-4-1-7(2-5-11)3-6-11/h7H,1-6H2,(H3,13,14,15). The van der Waals surface area contributed by atoms with Crippen LogP contribution in [-0.2, 0) is 5.41 Å². The van der Waals surface area contributed by atoms with Gasteiger partial charge < -0.3 is 5.73 Å². The van der Waals surface area contributed by atoms with Crippen LogP contribution in [0, 0.1) is 11.7 Å². The van der Waals surface area contributed by atoms with Gasteiger partial charge >= 0.3 is 0 Å². The van der Waals surface area contributed by atoms with Crippen molar-refractivity contribution in [2.24, 2.45) is 5.92 Å². The third-order valence-electron chi connectivity index (χ3n) is 4.36. The molecule has 1 heterocycles. The molecule has 0 aromatic carbocycles. The quantitative estimate of drug-likeness (QED) is 0.746. The number of nitrogens with two attached hydrogens (primary N) is 1. The zero-order valence-electron chi connectivity index (χ0n) is 8.72. The van der Waals surface area contributed by atoms with E-state index in [0.717, 1.165) is 25.2 Å². The molecule has 0 saturated heterocycles. The lowest BCUT2D eigenvalue weighted by atomic mass is 9.59. The smallest absolute Gasteiger partial charge is 0.188 e. The Morgan fingerprint density at radius 3 is 2.33 bits per heavy atom. The Hall–Kier alpha value is -1.06. The third kappa shape index (κ3) is 1.20. The van der Waals surface area contributed by atoms with Crippen LogP contribution >= 0.6 is 0 Å². The maximum atomic E-state index is 13.8. The second-order valence-corrected chi connectivity index (χ2v) is 5.06. The molecular formula is C11H16FN3. The molecule has 1 aromatic heterocycles. The van der Waals surface area contributed by atoms with Crippen LogP contribution in [0.15, 0.2) is 0 Å². The Kier molecular flexibility index (Phi) is 1.82. The number of rotatable bonds is 1. The number of hydrogen-bond acceptors (Lipinski definition) is 2. The number of halogens is 1. The number of anilines is 1. The normalized spacial score (nSPS) is 34.6. The molecule has 0 aliphatic heterocycles. The van der Waals surface area contributed by atoms with Gasteiger partial charge in [0.25, 0.3) is 0 Å². The van der Waals surface area contributed by atoms with E-state index in [1.807, 2.05) is 0 Å². The topological polar surface area (TPSA) is 54.7 Å². The average molecular weight is 209 g/mol. The zero-order valence-corrected chi connectivity index (χ0v) is 8.72. The monoisotopic (exact) mass is 209 g/mol. The lowest BCUT2D eigenvalue weighted by molar-refractivity contribution is 0.129. The van der Waals surface area contributed by atoms with Gasteiger partial charge in [-0.15, -0.1) is 0 Å². The highest BCUT2D eigenvalue weighted by Gasteiger charge is 2.44. The first kappa shape index (κ1) is 9.19. The second kappa shape index (κ2) is 2.97. The molecule has 3 aliphatic rings. The molecule has 0 spiro atoms. The molecule has 1 aromatic rings. The van der Waals surface area contributed by atoms with E-state index in [9.17, 15) is 4.39 Å². The summed E-state index contributed by atoms with van der Waals surface area (Å²) in [5.41, 5.74) is 6.14. The summed E-state index contributed by atoms with van der Waals surface area (Å²) in [6.07, 6.45) is 6.98. The lowest BCUT2D eigenvalue weighted by Gasteiger charge is -2.45. The number of hydrogen-bond donors (Lipinski definition) is 2. The van der Waals surface area contributed by atoms with E-state index < -0.39 is 0 Å². The van der Waals surface area contributed by atoms with E-state index in [4.69, 9.17) is 5.73 Å². The van der Waals surface area contributed by atoms with Crippen molar-refractivity contribution in [2.75, 3.05) is 5.73 Å². The molecule has 3 aliphatic carbocycles. The van der Waals surface area contributed by atoms with Gasteiger partial charge in [-0.25, -0.2) is 4.39 Å². The largest absolute Gasteiger partial charge is 0.380 e. The van der Waals surface area contributed by atoms with Crippen molar-refractivity contribution in [3.8, 4) is 0 Å². The Labute approximate surface area is 88.2 Å². The predicted octanol–water partition coefficient (Wildman–Crippen LogP) is 2.35. The van der Waals surface area contributed by atoms with Crippen molar-refractivity contribution in [3.05, 3.63) is 11.5 Å². The number of nitrogens with zero attached hydrogens (tertiary/aromatic N) is 1. The van der Waals surface area contributed by atoms with Crippen molar-refractivity contribution in [1.82, 2.24) is 10.2 Å². The molecule has 3 N–H and O–H groups in total. The van der Waals surface area contributed by atoms with Gasteiger partial charge in [-0.05, 0) is 44.4 Å². The van der Waals surface area contributed by atoms with Crippen LogP contribution in [0.2, 0.25) is 0 Å². The van der Waals surface area contributed by atoms with E-state index in [1.165, 1.54) is 19.3 Å². The highest BCUT2D eigenvalue weighted by Crippen LogP contribution is 2.51. The summed E-state index contributed by atoms with van der Waals surface area (Å²) in [4.78, 5) is 0. The van der Waals surface area contributed by atoms with Crippen LogP contribution in [0.5, 0.6) is 0 Å². The third-order valence-corrected chi connectivity index (χ3v) is 4.36. The summed E-state index contributed by atoms with van der Waals surface area (Å²) in [7, 11) is 0. The number of fused-ring (bicyclic) bond motifs is 3. The first-order chi connectivity index (χ1) is 7.21. The minimum atomic E-state index is -0.310. The Morgan fingerprint density at radius 2 is 1.87 bits per heavy atom. The van der Waals surface area contributed by atoms with Crippen LogP contribution in [0.4, 0.5) is 10.2 Å². The number of H-pyrrole nitrogens is 1. The summed E-state index contributed by atoms with van der Waals surface area (Å²) >= 11 is 0. The second-order valence-electron chi connectivity index (χ2n) is 5.06. The van der Waals surface area contributed by atoms with Crippen LogP contribution in [0.3, 0.4) is 0 Å². The molecule has 4 heteroatoms. The van der Waals surface area contributed by atoms with E-state index >= 15 is 0 Å². The summed E-state index contributed by atoms with van der Waals surface area (Å²) in [6, 6.07) is 0. The van der Waals surface area contributed by atoms with Gasteiger partial charge in [0.05, 0.1) is 5.69 Å². The van der Waals surface area contributed by atoms with Gasteiger partial charge in [0.2, 0.25) is 0 Å². The maximum Gasteiger partial charge on any atom is 0.188 e. The van der Waals surface area contributed by atoms with Crippen molar-refractivity contribution in [2.45, 2.75) is 43.9 Å². The molecule has 82 valence electrons. The Balaban J connectivity index is 2.01. The lowest BCUT2D eigenvalue weighted by Crippen LogP contribution is -2.38. The molecule has 3 saturated carbocycles. The number of nitrogens with one attached hydrogen (secondary N) is 1. The number of nitrogen functional groups attached to an aromatic ring is 1. The summed E-state index contributed by atoms with van der Waals surface area (Å²) in [5, 5.41) is 6.59. The molecule has 15 heavy (non-hydrogen) atoms. The molecule has 0 radical (unpaired) electrons. The van der Waals surface area contributed by atoms with Gasteiger partial charge in [0.1, 0.15) is 0 Å². The van der Waals surface area contributed by atoms with E-state index in [2.05, 4.69) is 10.2 Å². The van der Waals surface area contributed by atoms with Crippen molar-refractivity contribution >= 4 is 5.82 Å². The average Bonchev–Trinajstić information content (AvgIpc) is 2.63. The number of aromatic amines is 1. The van der Waals surface area contributed by atoms with Crippen LogP contribution < -0.4 is 5.73 Å². The molecule has 2 bridgehead atoms. The van der Waals surface area contributed by atoms with Crippen LogP contribution in [0.1, 0.15) is 44.2 Å². The first-order valence-electron chi connectivity index (χ1n) is 5.71. The van der Waals surface area contributed by atoms with Crippen molar-refractivity contribution in [3.63, 3.8) is 0 Å². The fraction of sp³-hybridized carbons (Fsp3) is 0.727. The summed E-state index contributed by atoms with van der Waals surface area (Å²) in [6.45, 7) is 0. The fourth-order valence-corrected chi connectivity index (χ4v) is 3.32. The highest BCUT2D eigenvalue weighted by atomic mass is 19.1. The van der Waals surface area contributed by atoms with Gasteiger partial charge in [0.15, 0.2) is 11.6 Å². The van der Waals surface area contributed by atoms with E-state index in [1.54, 1.807) is 0 Å². The molecule has 3 nitrogen and oxygen atoms in total. The van der Waals surface area contributed by atoms with Crippen molar-refractivity contribution < 1.29 is 4.39 Å². The fourth-order valence-electron chi connectivity index (χ4n) is 3.32. The van der Waals surface area contributed by atoms with E-state index in [-0.39, 0.29) is 17.1 Å². The summed E-state index contributed by atoms with van der Waals surface area (Å²) in [5.74, 6) is 0.595. The molecular weight excluding hydrogens is 193 g/mol. The van der Waals surface area contributed by atoms with Gasteiger partial charge in [-0.1, -0.05) is 0 Å². The zero-order chi connectivity index (χ0) is 10.5. The van der Waals surface area contributed by atoms with Gasteiger partial charge in [-0.3, -0.25) is 5.10 Å². The minimum absolute atomic E-state index is 0.0173. The van der Waals surface area contributed by atoms with Gasteiger partial charge in [0, 0.05) is 5.41 Å². The van der Waals surface area contributed by atoms with Crippen LogP contribution in [-0.4, -0.2) is 10.2 Å². The summed E-state index contributed by atoms with van der Waals surface area (Å²) < 4.78 is 13.8. The number of aromatic nitrogens is 2. The molecule has 0 atom stereocenters. The van der Waals surface area contributed by atoms with E-state index in [0.29, 0.717) is 5.69 Å². The predicted molar refractivity (Wildman–Crippen MR) is 55.8 cm³/mol. The Bertz CT molecular complexity index is 363. The maximum absolute atomic E-state index is 13.8. The Morgan fingerprint density at radius 1 is 1.27 bits per heavy atom. The SMILES string of the molecule is Nc1n[nH]c(C23CCC(CC2)CC3)c1F. The van der Waals surface area contributed by atoms with Crippen molar-refractivity contribution in [1.29, 1.82) is 0 Å². The molecule has 0 amide bonds. The molecule has 4 rings (SSSR count). The van der Waals surface area contributed by atoms with Crippen LogP contribution in [0.25, 0.3) is 0 Å². The first-order valence-corrected chi connectivity index (χ1v) is 5.71. The molecule has 0 unspecified atom stereocenters. The molecule has 3 fully saturated rings. The minimum Gasteiger partial charge on any atom is -0.380 e. The van der Waals surface area contributed by atoms with Gasteiger partial charge in [-0.2, -0.15) is 5.10 Å².